The molecule has 4 nitrogen and oxygen atoms in total. The number of hydrogen-bond acceptors (Lipinski definition) is 3. The molecule has 0 amide bonds. The van der Waals surface area contributed by atoms with Crippen LogP contribution in [0.2, 0.25) is 0 Å². The first-order valence-corrected chi connectivity index (χ1v) is 7.27. The maximum atomic E-state index is 12.9. The number of benzene rings is 4. The molecule has 0 N–H and O–H groups in total. The number of ketones is 1. The SMILES string of the molecule is O=C1c2cccc3ccc4cc([N+](=O)[O-])c5cccc1c5c4c23. The Morgan fingerprint density at radius 3 is 2.26 bits per heavy atom. The first-order valence-electron chi connectivity index (χ1n) is 7.27. The Bertz CT molecular complexity index is 1210. The van der Waals surface area contributed by atoms with E-state index in [0.29, 0.717) is 21.9 Å². The zero-order valence-corrected chi connectivity index (χ0v) is 11.9. The van der Waals surface area contributed by atoms with E-state index in [1.165, 1.54) is 0 Å². The van der Waals surface area contributed by atoms with Crippen LogP contribution in [-0.2, 0) is 0 Å². The Morgan fingerprint density at radius 1 is 0.783 bits per heavy atom. The average Bonchev–Trinajstić information content (AvgIpc) is 2.58. The van der Waals surface area contributed by atoms with E-state index in [-0.39, 0.29) is 16.4 Å². The fraction of sp³-hybridized carbons (Fsp3) is 0. The zero-order valence-electron chi connectivity index (χ0n) is 11.9. The maximum Gasteiger partial charge on any atom is 0.277 e. The number of carbonyl (C=O) groups is 1. The Balaban J connectivity index is 2.23. The lowest BCUT2D eigenvalue weighted by Crippen LogP contribution is -2.08. The third-order valence-electron chi connectivity index (χ3n) is 4.65. The van der Waals surface area contributed by atoms with Gasteiger partial charge in [-0.1, -0.05) is 42.5 Å². The summed E-state index contributed by atoms with van der Waals surface area (Å²) in [6.07, 6.45) is 0. The molecular weight excluding hydrogens is 290 g/mol. The van der Waals surface area contributed by atoms with Gasteiger partial charge in [-0.15, -0.1) is 0 Å². The molecule has 0 spiro atoms. The summed E-state index contributed by atoms with van der Waals surface area (Å²) in [6, 6.07) is 16.3. The topological polar surface area (TPSA) is 60.2 Å². The smallest absolute Gasteiger partial charge is 0.277 e. The van der Waals surface area contributed by atoms with Crippen molar-refractivity contribution in [1.29, 1.82) is 0 Å². The van der Waals surface area contributed by atoms with Gasteiger partial charge in [0.1, 0.15) is 0 Å². The minimum atomic E-state index is -0.381. The van der Waals surface area contributed by atoms with Crippen LogP contribution >= 0.6 is 0 Å². The number of rotatable bonds is 1. The van der Waals surface area contributed by atoms with Gasteiger partial charge in [-0.3, -0.25) is 14.9 Å². The molecule has 108 valence electrons. The van der Waals surface area contributed by atoms with Crippen LogP contribution in [-0.4, -0.2) is 10.7 Å². The summed E-state index contributed by atoms with van der Waals surface area (Å²) in [6.45, 7) is 0. The predicted molar refractivity (Wildman–Crippen MR) is 89.0 cm³/mol. The molecule has 4 aromatic carbocycles. The van der Waals surface area contributed by atoms with Crippen molar-refractivity contribution in [1.82, 2.24) is 0 Å². The second kappa shape index (κ2) is 3.93. The first kappa shape index (κ1) is 12.3. The van der Waals surface area contributed by atoms with E-state index in [1.54, 1.807) is 24.3 Å². The van der Waals surface area contributed by atoms with Gasteiger partial charge in [-0.05, 0) is 22.2 Å². The van der Waals surface area contributed by atoms with Crippen molar-refractivity contribution < 1.29 is 9.72 Å². The normalized spacial score (nSPS) is 12.8. The van der Waals surface area contributed by atoms with Crippen molar-refractivity contribution >= 4 is 43.8 Å². The molecule has 23 heavy (non-hydrogen) atoms. The second-order valence-corrected chi connectivity index (χ2v) is 5.78. The number of hydrogen-bond donors (Lipinski definition) is 0. The van der Waals surface area contributed by atoms with Crippen LogP contribution < -0.4 is 0 Å². The summed E-state index contributed by atoms with van der Waals surface area (Å²) in [5.41, 5.74) is 1.25. The number of nitro benzene ring substituents is 1. The maximum absolute atomic E-state index is 12.9. The minimum Gasteiger partial charge on any atom is -0.289 e. The molecule has 0 bridgehead atoms. The average molecular weight is 299 g/mol. The van der Waals surface area contributed by atoms with E-state index in [2.05, 4.69) is 0 Å². The predicted octanol–water partition coefficient (Wildman–Crippen LogP) is 4.60. The van der Waals surface area contributed by atoms with E-state index in [4.69, 9.17) is 0 Å². The molecule has 0 atom stereocenters. The highest BCUT2D eigenvalue weighted by Gasteiger charge is 2.27. The molecular formula is C19H9NO3. The molecule has 1 aliphatic carbocycles. The standard InChI is InChI=1S/C19H9NO3/c21-19-13-5-1-3-10-7-8-11-9-15(20(22)23)12-4-2-6-14(19)18(12)17(11)16(10)13/h1-9H. The van der Waals surface area contributed by atoms with Crippen molar-refractivity contribution in [3.63, 3.8) is 0 Å². The van der Waals surface area contributed by atoms with Crippen molar-refractivity contribution in [2.45, 2.75) is 0 Å². The van der Waals surface area contributed by atoms with Gasteiger partial charge in [-0.25, -0.2) is 0 Å². The van der Waals surface area contributed by atoms with Gasteiger partial charge >= 0.3 is 0 Å². The van der Waals surface area contributed by atoms with Gasteiger partial charge < -0.3 is 0 Å². The molecule has 0 aromatic heterocycles. The van der Waals surface area contributed by atoms with Gasteiger partial charge in [0.05, 0.1) is 10.3 Å². The Hall–Kier alpha value is -3.27. The summed E-state index contributed by atoms with van der Waals surface area (Å²) in [5, 5.41) is 16.3. The lowest BCUT2D eigenvalue weighted by atomic mass is 9.83. The molecule has 0 unspecified atom stereocenters. The number of nitro groups is 1. The summed E-state index contributed by atoms with van der Waals surface area (Å²) in [7, 11) is 0. The van der Waals surface area contributed by atoms with E-state index in [1.807, 2.05) is 30.3 Å². The fourth-order valence-electron chi connectivity index (χ4n) is 3.72. The van der Waals surface area contributed by atoms with Crippen LogP contribution in [0.25, 0.3) is 32.3 Å². The van der Waals surface area contributed by atoms with Crippen LogP contribution in [0.4, 0.5) is 5.69 Å². The van der Waals surface area contributed by atoms with Gasteiger partial charge in [-0.2, -0.15) is 0 Å². The molecule has 4 aromatic rings. The zero-order chi connectivity index (χ0) is 15.7. The molecule has 0 aliphatic heterocycles. The molecule has 0 radical (unpaired) electrons. The molecule has 0 heterocycles. The van der Waals surface area contributed by atoms with E-state index < -0.39 is 0 Å². The highest BCUT2D eigenvalue weighted by atomic mass is 16.6. The van der Waals surface area contributed by atoms with Crippen molar-refractivity contribution in [2.75, 3.05) is 0 Å². The Morgan fingerprint density at radius 2 is 1.48 bits per heavy atom. The van der Waals surface area contributed by atoms with Gasteiger partial charge in [0, 0.05) is 28.0 Å². The second-order valence-electron chi connectivity index (χ2n) is 5.78. The monoisotopic (exact) mass is 299 g/mol. The van der Waals surface area contributed by atoms with E-state index in [9.17, 15) is 14.9 Å². The van der Waals surface area contributed by atoms with Crippen molar-refractivity contribution in [3.8, 4) is 0 Å². The molecule has 0 saturated heterocycles. The summed E-state index contributed by atoms with van der Waals surface area (Å²) in [4.78, 5) is 23.9. The first-order chi connectivity index (χ1) is 11.2. The van der Waals surface area contributed by atoms with Crippen LogP contribution in [0.5, 0.6) is 0 Å². The minimum absolute atomic E-state index is 0.0425. The molecule has 0 saturated carbocycles. The van der Waals surface area contributed by atoms with Gasteiger partial charge in [0.15, 0.2) is 5.78 Å². The summed E-state index contributed by atoms with van der Waals surface area (Å²) >= 11 is 0. The van der Waals surface area contributed by atoms with Crippen LogP contribution in [0.3, 0.4) is 0 Å². The highest BCUT2D eigenvalue weighted by Crippen LogP contribution is 2.43. The lowest BCUT2D eigenvalue weighted by molar-refractivity contribution is -0.382. The third kappa shape index (κ3) is 1.38. The quantitative estimate of drug-likeness (QED) is 0.258. The lowest BCUT2D eigenvalue weighted by Gasteiger charge is -2.18. The highest BCUT2D eigenvalue weighted by molar-refractivity contribution is 6.37. The number of nitrogens with zero attached hydrogens (tertiary/aromatic N) is 1. The molecule has 4 heteroatoms. The van der Waals surface area contributed by atoms with Crippen LogP contribution in [0.1, 0.15) is 15.9 Å². The summed E-state index contributed by atoms with van der Waals surface area (Å²) < 4.78 is 0. The molecule has 0 fully saturated rings. The Labute approximate surface area is 130 Å². The van der Waals surface area contributed by atoms with Crippen LogP contribution in [0.15, 0.2) is 54.6 Å². The summed E-state index contributed by atoms with van der Waals surface area (Å²) in [5.74, 6) is -0.0679. The van der Waals surface area contributed by atoms with Gasteiger partial charge in [0.2, 0.25) is 0 Å². The largest absolute Gasteiger partial charge is 0.289 e. The fourth-order valence-corrected chi connectivity index (χ4v) is 3.72. The van der Waals surface area contributed by atoms with E-state index >= 15 is 0 Å². The van der Waals surface area contributed by atoms with Gasteiger partial charge in [0.25, 0.3) is 5.69 Å². The van der Waals surface area contributed by atoms with E-state index in [0.717, 1.165) is 21.5 Å². The number of non-ortho nitro benzene ring substituents is 1. The molecule has 1 aliphatic rings. The third-order valence-corrected chi connectivity index (χ3v) is 4.65. The number of carbonyl (C=O) groups excluding carboxylic acids is 1. The van der Waals surface area contributed by atoms with Crippen LogP contribution in [0, 0.1) is 10.1 Å². The van der Waals surface area contributed by atoms with Crippen molar-refractivity contribution in [3.05, 3.63) is 75.8 Å². The molecule has 5 rings (SSSR count). The Kier molecular flexibility index (Phi) is 2.10. The van der Waals surface area contributed by atoms with Crippen molar-refractivity contribution in [2.24, 2.45) is 0 Å².